The van der Waals surface area contributed by atoms with Crippen molar-refractivity contribution in [3.63, 3.8) is 0 Å². The molecule has 1 saturated heterocycles. The maximum atomic E-state index is 14.0. The molecule has 0 aromatic heterocycles. The first-order valence-corrected chi connectivity index (χ1v) is 10.4. The Morgan fingerprint density at radius 3 is 2.30 bits per heavy atom. The minimum Gasteiger partial charge on any atom is -0.497 e. The number of anilines is 1. The normalized spacial score (nSPS) is 15.1. The molecule has 30 heavy (non-hydrogen) atoms. The standard InChI is InChI=1S/C23H30FN3O3/c1-4-25(16-18-5-10-22(30-3)21(24)15-18)17-23(28)27-13-11-26(12-14-27)19-6-8-20(29-2)9-7-19/h5-10,15H,4,11-14,16-17H2,1-3H3/p+1. The van der Waals surface area contributed by atoms with Crippen LogP contribution >= 0.6 is 0 Å². The molecule has 2 aromatic carbocycles. The molecule has 7 heteroatoms. The number of hydrogen-bond donors (Lipinski definition) is 1. The summed E-state index contributed by atoms with van der Waals surface area (Å²) in [6.07, 6.45) is 0. The van der Waals surface area contributed by atoms with Gasteiger partial charge in [0.15, 0.2) is 18.1 Å². The number of carbonyl (C=O) groups is 1. The molecule has 1 aliphatic heterocycles. The van der Waals surface area contributed by atoms with E-state index in [4.69, 9.17) is 9.47 Å². The van der Waals surface area contributed by atoms with E-state index >= 15 is 0 Å². The molecule has 1 atom stereocenters. The summed E-state index contributed by atoms with van der Waals surface area (Å²) in [6, 6.07) is 13.0. The SMILES string of the molecule is CC[NH+](CC(=O)N1CCN(c2ccc(OC)cc2)CC1)Cc1ccc(OC)c(F)c1. The number of methoxy groups -OCH3 is 2. The minimum atomic E-state index is -0.369. The third-order valence-corrected chi connectivity index (χ3v) is 5.64. The fraction of sp³-hybridized carbons (Fsp3) is 0.435. The predicted octanol–water partition coefficient (Wildman–Crippen LogP) is 1.60. The van der Waals surface area contributed by atoms with Crippen LogP contribution in [0, 0.1) is 5.82 Å². The Hall–Kier alpha value is -2.80. The van der Waals surface area contributed by atoms with Gasteiger partial charge in [0.05, 0.1) is 20.8 Å². The summed E-state index contributed by atoms with van der Waals surface area (Å²) < 4.78 is 24.1. The maximum Gasteiger partial charge on any atom is 0.277 e. The molecule has 0 saturated carbocycles. The van der Waals surface area contributed by atoms with E-state index in [-0.39, 0.29) is 17.5 Å². The number of rotatable bonds is 8. The Labute approximate surface area is 177 Å². The largest absolute Gasteiger partial charge is 0.497 e. The quantitative estimate of drug-likeness (QED) is 0.710. The minimum absolute atomic E-state index is 0.148. The van der Waals surface area contributed by atoms with Crippen LogP contribution < -0.4 is 19.3 Å². The number of quaternary nitrogens is 1. The first-order chi connectivity index (χ1) is 14.5. The first-order valence-electron chi connectivity index (χ1n) is 10.4. The maximum absolute atomic E-state index is 14.0. The molecule has 0 spiro atoms. The summed E-state index contributed by atoms with van der Waals surface area (Å²) in [4.78, 5) is 18.2. The van der Waals surface area contributed by atoms with E-state index in [1.807, 2.05) is 42.2 Å². The topological polar surface area (TPSA) is 46.5 Å². The Balaban J connectivity index is 1.51. The van der Waals surface area contributed by atoms with Gasteiger partial charge < -0.3 is 24.2 Å². The van der Waals surface area contributed by atoms with Crippen molar-refractivity contribution in [3.8, 4) is 11.5 Å². The lowest BCUT2D eigenvalue weighted by atomic mass is 10.2. The fourth-order valence-corrected chi connectivity index (χ4v) is 3.75. The zero-order chi connectivity index (χ0) is 21.5. The van der Waals surface area contributed by atoms with E-state index in [0.717, 1.165) is 41.5 Å². The van der Waals surface area contributed by atoms with Crippen LogP contribution in [0.25, 0.3) is 0 Å². The summed E-state index contributed by atoms with van der Waals surface area (Å²) in [6.45, 7) is 6.89. The molecule has 1 aliphatic rings. The Kier molecular flexibility index (Phi) is 7.52. The average molecular weight is 417 g/mol. The second-order valence-corrected chi connectivity index (χ2v) is 7.49. The average Bonchev–Trinajstić information content (AvgIpc) is 2.79. The molecule has 1 fully saturated rings. The first kappa shape index (κ1) is 21.9. The number of carbonyl (C=O) groups excluding carboxylic acids is 1. The number of hydrogen-bond acceptors (Lipinski definition) is 4. The van der Waals surface area contributed by atoms with Gasteiger partial charge in [-0.1, -0.05) is 0 Å². The molecular formula is C23H31FN3O3+. The summed E-state index contributed by atoms with van der Waals surface area (Å²) in [7, 11) is 3.11. The van der Waals surface area contributed by atoms with Gasteiger partial charge in [0, 0.05) is 37.4 Å². The van der Waals surface area contributed by atoms with E-state index < -0.39 is 0 Å². The van der Waals surface area contributed by atoms with Crippen molar-refractivity contribution >= 4 is 11.6 Å². The van der Waals surface area contributed by atoms with Crippen molar-refractivity contribution in [2.75, 3.05) is 58.4 Å². The van der Waals surface area contributed by atoms with E-state index in [0.29, 0.717) is 26.2 Å². The zero-order valence-corrected chi connectivity index (χ0v) is 18.0. The molecule has 2 aromatic rings. The second kappa shape index (κ2) is 10.3. The fourth-order valence-electron chi connectivity index (χ4n) is 3.75. The monoisotopic (exact) mass is 416 g/mol. The number of piperazine rings is 1. The van der Waals surface area contributed by atoms with Gasteiger partial charge in [0.25, 0.3) is 5.91 Å². The highest BCUT2D eigenvalue weighted by molar-refractivity contribution is 5.77. The molecule has 1 N–H and O–H groups in total. The molecule has 6 nitrogen and oxygen atoms in total. The van der Waals surface area contributed by atoms with Crippen LogP contribution in [0.15, 0.2) is 42.5 Å². The third kappa shape index (κ3) is 5.42. The van der Waals surface area contributed by atoms with Crippen LogP contribution in [0.3, 0.4) is 0 Å². The van der Waals surface area contributed by atoms with E-state index in [1.54, 1.807) is 13.2 Å². The van der Waals surface area contributed by atoms with Gasteiger partial charge >= 0.3 is 0 Å². The smallest absolute Gasteiger partial charge is 0.277 e. The molecule has 1 amide bonds. The van der Waals surface area contributed by atoms with Crippen LogP contribution in [0.1, 0.15) is 12.5 Å². The molecule has 0 radical (unpaired) electrons. The Bertz CT molecular complexity index is 836. The number of likely N-dealkylation sites (N-methyl/N-ethyl adjacent to an activating group) is 1. The van der Waals surface area contributed by atoms with Gasteiger partial charge in [-0.25, -0.2) is 4.39 Å². The second-order valence-electron chi connectivity index (χ2n) is 7.49. The van der Waals surface area contributed by atoms with Gasteiger partial charge in [0.2, 0.25) is 0 Å². The number of halogens is 1. The van der Waals surface area contributed by atoms with E-state index in [1.165, 1.54) is 13.2 Å². The highest BCUT2D eigenvalue weighted by atomic mass is 19.1. The van der Waals surface area contributed by atoms with Gasteiger partial charge in [-0.05, 0) is 49.4 Å². The van der Waals surface area contributed by atoms with Crippen LogP contribution in [0.2, 0.25) is 0 Å². The van der Waals surface area contributed by atoms with Crippen molar-refractivity contribution in [1.82, 2.24) is 4.90 Å². The summed E-state index contributed by atoms with van der Waals surface area (Å²) in [5.41, 5.74) is 2.01. The lowest BCUT2D eigenvalue weighted by Gasteiger charge is -2.36. The molecule has 1 heterocycles. The van der Waals surface area contributed by atoms with Crippen molar-refractivity contribution < 1.29 is 23.6 Å². The molecule has 3 rings (SSSR count). The predicted molar refractivity (Wildman–Crippen MR) is 115 cm³/mol. The molecule has 0 bridgehead atoms. The summed E-state index contributed by atoms with van der Waals surface area (Å²) in [5.74, 6) is 0.858. The lowest BCUT2D eigenvalue weighted by molar-refractivity contribution is -0.904. The third-order valence-electron chi connectivity index (χ3n) is 5.64. The molecule has 162 valence electrons. The van der Waals surface area contributed by atoms with Crippen molar-refractivity contribution in [2.24, 2.45) is 0 Å². The number of amides is 1. The molecule has 1 unspecified atom stereocenters. The van der Waals surface area contributed by atoms with Gasteiger partial charge in [0.1, 0.15) is 12.3 Å². The zero-order valence-electron chi connectivity index (χ0n) is 18.0. The van der Waals surface area contributed by atoms with E-state index in [9.17, 15) is 9.18 Å². The Morgan fingerprint density at radius 2 is 1.73 bits per heavy atom. The van der Waals surface area contributed by atoms with Gasteiger partial charge in [-0.2, -0.15) is 0 Å². The van der Waals surface area contributed by atoms with Crippen LogP contribution in [-0.4, -0.2) is 64.3 Å². The Morgan fingerprint density at radius 1 is 1.03 bits per heavy atom. The summed E-state index contributed by atoms with van der Waals surface area (Å²) >= 11 is 0. The molecule has 0 aliphatic carbocycles. The lowest BCUT2D eigenvalue weighted by Crippen LogP contribution is -3.11. The number of nitrogens with one attached hydrogen (secondary N) is 1. The van der Waals surface area contributed by atoms with E-state index in [2.05, 4.69) is 4.90 Å². The molecular weight excluding hydrogens is 385 g/mol. The summed E-state index contributed by atoms with van der Waals surface area (Å²) in [5, 5.41) is 0. The van der Waals surface area contributed by atoms with Crippen molar-refractivity contribution in [1.29, 1.82) is 0 Å². The number of nitrogens with zero attached hydrogens (tertiary/aromatic N) is 2. The number of ether oxygens (including phenoxy) is 2. The highest BCUT2D eigenvalue weighted by Crippen LogP contribution is 2.20. The highest BCUT2D eigenvalue weighted by Gasteiger charge is 2.24. The number of benzene rings is 2. The van der Waals surface area contributed by atoms with Crippen molar-refractivity contribution in [2.45, 2.75) is 13.5 Å². The van der Waals surface area contributed by atoms with Crippen molar-refractivity contribution in [3.05, 3.63) is 53.8 Å². The van der Waals surface area contributed by atoms with Crippen LogP contribution in [0.4, 0.5) is 10.1 Å². The van der Waals surface area contributed by atoms with Crippen LogP contribution in [-0.2, 0) is 11.3 Å². The van der Waals surface area contributed by atoms with Crippen LogP contribution in [0.5, 0.6) is 11.5 Å². The van der Waals surface area contributed by atoms with Gasteiger partial charge in [-0.3, -0.25) is 4.79 Å². The van der Waals surface area contributed by atoms with Gasteiger partial charge in [-0.15, -0.1) is 0 Å².